The molecule has 5 rings (SSSR count). The Morgan fingerprint density at radius 3 is 2.62 bits per heavy atom. The van der Waals surface area contributed by atoms with Crippen molar-refractivity contribution in [3.05, 3.63) is 22.9 Å². The van der Waals surface area contributed by atoms with Crippen LogP contribution in [0.25, 0.3) is 0 Å². The van der Waals surface area contributed by atoms with E-state index in [1.54, 1.807) is 17.9 Å². The van der Waals surface area contributed by atoms with Gasteiger partial charge in [-0.25, -0.2) is 9.59 Å². The molecule has 4 fully saturated rings. The number of carbonyl (C=O) groups excluding carboxylic acids is 3. The SMILES string of the molecule is CCOC(=O)N1CCC(N2CC/C(=C\C3=C(C(=O)O)N4C(=O)[C@H]5NCCC3[C@H]54)C2=O)CC1. The molecule has 172 valence electrons. The van der Waals surface area contributed by atoms with Crippen molar-refractivity contribution in [2.24, 2.45) is 5.92 Å². The van der Waals surface area contributed by atoms with E-state index < -0.39 is 5.97 Å². The van der Waals surface area contributed by atoms with Crippen molar-refractivity contribution in [2.75, 3.05) is 32.8 Å². The third-order valence-electron chi connectivity index (χ3n) is 7.41. The molecule has 10 nitrogen and oxygen atoms in total. The fourth-order valence-electron chi connectivity index (χ4n) is 5.89. The first-order chi connectivity index (χ1) is 15.4. The Bertz CT molecular complexity index is 935. The van der Waals surface area contributed by atoms with Crippen LogP contribution < -0.4 is 5.32 Å². The Labute approximate surface area is 185 Å². The van der Waals surface area contributed by atoms with Crippen molar-refractivity contribution >= 4 is 23.9 Å². The molecule has 5 aliphatic rings. The van der Waals surface area contributed by atoms with Crippen LogP contribution >= 0.6 is 0 Å². The molecule has 0 aromatic heterocycles. The maximum atomic E-state index is 13.2. The summed E-state index contributed by atoms with van der Waals surface area (Å²) in [7, 11) is 0. The number of carboxylic acids is 1. The zero-order valence-electron chi connectivity index (χ0n) is 18.1. The summed E-state index contributed by atoms with van der Waals surface area (Å²) in [6.45, 7) is 4.47. The maximum Gasteiger partial charge on any atom is 0.409 e. The Morgan fingerprint density at radius 1 is 1.19 bits per heavy atom. The van der Waals surface area contributed by atoms with Gasteiger partial charge < -0.3 is 25.0 Å². The minimum atomic E-state index is -1.12. The van der Waals surface area contributed by atoms with Crippen LogP contribution in [0.3, 0.4) is 0 Å². The number of carbonyl (C=O) groups is 4. The molecule has 0 aliphatic carbocycles. The van der Waals surface area contributed by atoms with Crippen LogP contribution in [-0.4, -0.2) is 94.6 Å². The minimum Gasteiger partial charge on any atom is -0.477 e. The standard InChI is InChI=1S/C22H28N4O6/c1-2-32-22(31)24-8-5-13(6-9-24)25-10-4-12(19(25)27)11-15-14-3-7-23-16-17(14)26(20(16)28)18(15)21(29)30/h11,13-14,16-17,23H,2-10H2,1H3,(H,29,30)/b12-11+/t14?,16-,17+/m0/s1. The number of nitrogens with one attached hydrogen (secondary N) is 1. The zero-order chi connectivity index (χ0) is 22.6. The zero-order valence-corrected chi connectivity index (χ0v) is 18.1. The number of hydrogen-bond donors (Lipinski definition) is 2. The number of ether oxygens (including phenoxy) is 1. The van der Waals surface area contributed by atoms with Gasteiger partial charge in [-0.05, 0) is 50.8 Å². The Hall–Kier alpha value is -2.88. The Kier molecular flexibility index (Phi) is 5.19. The van der Waals surface area contributed by atoms with Gasteiger partial charge in [0.15, 0.2) is 0 Å². The third kappa shape index (κ3) is 3.11. The number of β-lactam (4-membered cyclic amide) rings is 1. The van der Waals surface area contributed by atoms with Crippen LogP contribution in [0, 0.1) is 5.92 Å². The average molecular weight is 444 g/mol. The Balaban J connectivity index is 1.32. The highest BCUT2D eigenvalue weighted by Crippen LogP contribution is 2.47. The molecule has 0 bridgehead atoms. The second kappa shape index (κ2) is 7.91. The largest absolute Gasteiger partial charge is 0.477 e. The number of allylic oxidation sites excluding steroid dienone is 1. The van der Waals surface area contributed by atoms with Gasteiger partial charge in [-0.15, -0.1) is 0 Å². The van der Waals surface area contributed by atoms with E-state index in [1.807, 2.05) is 4.90 Å². The van der Waals surface area contributed by atoms with E-state index in [1.165, 1.54) is 4.90 Å². The molecule has 1 unspecified atom stereocenters. The van der Waals surface area contributed by atoms with Crippen molar-refractivity contribution in [3.8, 4) is 0 Å². The number of rotatable bonds is 4. The summed E-state index contributed by atoms with van der Waals surface area (Å²) < 4.78 is 5.06. The molecule has 0 aromatic carbocycles. The highest BCUT2D eigenvalue weighted by atomic mass is 16.6. The van der Waals surface area contributed by atoms with E-state index >= 15 is 0 Å². The van der Waals surface area contributed by atoms with Gasteiger partial charge >= 0.3 is 12.1 Å². The van der Waals surface area contributed by atoms with Crippen LogP contribution in [0.5, 0.6) is 0 Å². The van der Waals surface area contributed by atoms with E-state index in [4.69, 9.17) is 4.74 Å². The number of piperidine rings is 2. The maximum absolute atomic E-state index is 13.2. The average Bonchev–Trinajstić information content (AvgIpc) is 3.31. The molecular weight excluding hydrogens is 416 g/mol. The van der Waals surface area contributed by atoms with Crippen molar-refractivity contribution in [2.45, 2.75) is 50.7 Å². The van der Waals surface area contributed by atoms with E-state index in [2.05, 4.69) is 5.32 Å². The number of aliphatic carboxylic acids is 1. The molecule has 0 aromatic rings. The Morgan fingerprint density at radius 2 is 1.94 bits per heavy atom. The smallest absolute Gasteiger partial charge is 0.409 e. The predicted molar refractivity (Wildman–Crippen MR) is 111 cm³/mol. The van der Waals surface area contributed by atoms with E-state index in [-0.39, 0.29) is 47.6 Å². The summed E-state index contributed by atoms with van der Waals surface area (Å²) in [5, 5.41) is 13.0. The molecular formula is C22H28N4O6. The van der Waals surface area contributed by atoms with E-state index in [9.17, 15) is 24.3 Å². The fraction of sp³-hybridized carbons (Fsp3) is 0.636. The van der Waals surface area contributed by atoms with Crippen molar-refractivity contribution in [1.82, 2.24) is 20.0 Å². The summed E-state index contributed by atoms with van der Waals surface area (Å²) >= 11 is 0. The lowest BCUT2D eigenvalue weighted by Crippen LogP contribution is -2.71. The first-order valence-electron chi connectivity index (χ1n) is 11.4. The number of carboxylic acid groups (broad SMARTS) is 1. The van der Waals surface area contributed by atoms with Gasteiger partial charge in [0.05, 0.1) is 12.6 Å². The first-order valence-corrected chi connectivity index (χ1v) is 11.4. The summed E-state index contributed by atoms with van der Waals surface area (Å²) in [5.74, 6) is -1.43. The van der Waals surface area contributed by atoms with E-state index in [0.29, 0.717) is 63.2 Å². The first kappa shape index (κ1) is 21.0. The second-order valence-electron chi connectivity index (χ2n) is 8.97. The van der Waals surface area contributed by atoms with Gasteiger partial charge in [-0.1, -0.05) is 0 Å². The van der Waals surface area contributed by atoms with Crippen LogP contribution in [0.1, 0.15) is 32.6 Å². The van der Waals surface area contributed by atoms with Crippen LogP contribution in [0.4, 0.5) is 4.79 Å². The third-order valence-corrected chi connectivity index (χ3v) is 7.41. The summed E-state index contributed by atoms with van der Waals surface area (Å²) in [5.41, 5.74) is 1.25. The van der Waals surface area contributed by atoms with Crippen LogP contribution in [0.15, 0.2) is 22.9 Å². The number of hydrogen-bond acceptors (Lipinski definition) is 6. The molecule has 32 heavy (non-hydrogen) atoms. The summed E-state index contributed by atoms with van der Waals surface area (Å²) in [6, 6.07) is -0.422. The van der Waals surface area contributed by atoms with Gasteiger partial charge in [-0.2, -0.15) is 0 Å². The highest BCUT2D eigenvalue weighted by Gasteiger charge is 2.60. The fourth-order valence-corrected chi connectivity index (χ4v) is 5.89. The monoisotopic (exact) mass is 444 g/mol. The quantitative estimate of drug-likeness (QED) is 0.473. The number of likely N-dealkylation sites (tertiary alicyclic amines) is 2. The molecule has 0 radical (unpaired) electrons. The van der Waals surface area contributed by atoms with Gasteiger partial charge in [0.25, 0.3) is 0 Å². The number of nitrogens with zero attached hydrogens (tertiary/aromatic N) is 3. The van der Waals surface area contributed by atoms with Gasteiger partial charge in [0, 0.05) is 37.2 Å². The predicted octanol–water partition coefficient (Wildman–Crippen LogP) is 0.307. The van der Waals surface area contributed by atoms with Crippen molar-refractivity contribution in [1.29, 1.82) is 0 Å². The van der Waals surface area contributed by atoms with E-state index in [0.717, 1.165) is 6.42 Å². The highest BCUT2D eigenvalue weighted by molar-refractivity contribution is 6.03. The summed E-state index contributed by atoms with van der Waals surface area (Å²) in [6.07, 6.45) is 4.12. The van der Waals surface area contributed by atoms with Crippen LogP contribution in [0.2, 0.25) is 0 Å². The van der Waals surface area contributed by atoms with Crippen molar-refractivity contribution < 1.29 is 29.0 Å². The second-order valence-corrected chi connectivity index (χ2v) is 8.97. The molecule has 5 heterocycles. The molecule has 2 N–H and O–H groups in total. The van der Waals surface area contributed by atoms with Gasteiger partial charge in [0.2, 0.25) is 11.8 Å². The van der Waals surface area contributed by atoms with Gasteiger partial charge in [-0.3, -0.25) is 14.5 Å². The molecule has 10 heteroatoms. The molecule has 0 spiro atoms. The van der Waals surface area contributed by atoms with Crippen LogP contribution in [-0.2, 0) is 19.1 Å². The minimum absolute atomic E-state index is 0.0337. The molecule has 4 saturated heterocycles. The molecule has 5 aliphatic heterocycles. The molecule has 3 amide bonds. The summed E-state index contributed by atoms with van der Waals surface area (Å²) in [4.78, 5) is 54.5. The van der Waals surface area contributed by atoms with Gasteiger partial charge in [0.1, 0.15) is 11.7 Å². The number of amides is 3. The topological polar surface area (TPSA) is 119 Å². The lowest BCUT2D eigenvalue weighted by Gasteiger charge is -2.48. The van der Waals surface area contributed by atoms with Crippen molar-refractivity contribution in [3.63, 3.8) is 0 Å². The normalized spacial score (nSPS) is 31.3. The lowest BCUT2D eigenvalue weighted by molar-refractivity contribution is -0.154. The lowest BCUT2D eigenvalue weighted by atomic mass is 9.79. The molecule has 0 saturated carbocycles. The molecule has 3 atom stereocenters.